The van der Waals surface area contributed by atoms with E-state index in [4.69, 9.17) is 14.8 Å². The number of hydrogen-bond acceptors (Lipinski definition) is 7. The van der Waals surface area contributed by atoms with Crippen molar-refractivity contribution in [1.29, 1.82) is 0 Å². The van der Waals surface area contributed by atoms with Gasteiger partial charge in [0, 0.05) is 6.54 Å². The summed E-state index contributed by atoms with van der Waals surface area (Å²) in [6.07, 6.45) is 56.4. The Kier molecular flexibility index (Phi) is 46.2. The van der Waals surface area contributed by atoms with E-state index in [1.165, 1.54) is 148 Å². The topological polar surface area (TPSA) is 151 Å². The van der Waals surface area contributed by atoms with Crippen molar-refractivity contribution in [2.75, 3.05) is 19.8 Å². The molecule has 0 aliphatic heterocycles. The van der Waals surface area contributed by atoms with Gasteiger partial charge in [-0.1, -0.05) is 210 Å². The second-order valence-corrected chi connectivity index (χ2v) is 19.0. The molecule has 9 nitrogen and oxygen atoms in total. The molecule has 0 rings (SSSR count). The maximum Gasteiger partial charge on any atom is 0.472 e. The van der Waals surface area contributed by atoms with Gasteiger partial charge in [0.25, 0.3) is 0 Å². The number of hydrogen-bond donors (Lipinski definition) is 5. The van der Waals surface area contributed by atoms with Crippen LogP contribution in [0.2, 0.25) is 0 Å². The number of unbranched alkanes of at least 4 members (excludes halogenated alkanes) is 28. The molecule has 0 bridgehead atoms. The second kappa shape index (κ2) is 47.4. The van der Waals surface area contributed by atoms with E-state index in [9.17, 15) is 24.5 Å². The Morgan fingerprint density at radius 3 is 1.34 bits per heavy atom. The molecule has 0 saturated carbocycles. The van der Waals surface area contributed by atoms with Gasteiger partial charge in [-0.15, -0.1) is 0 Å². The van der Waals surface area contributed by atoms with Crippen molar-refractivity contribution in [2.45, 2.75) is 257 Å². The van der Waals surface area contributed by atoms with Crippen LogP contribution in [0.25, 0.3) is 0 Å². The van der Waals surface area contributed by atoms with Gasteiger partial charge in [0.1, 0.15) is 0 Å². The van der Waals surface area contributed by atoms with Crippen LogP contribution in [0.3, 0.4) is 0 Å². The molecule has 4 atom stereocenters. The Morgan fingerprint density at radius 1 is 0.548 bits per heavy atom. The van der Waals surface area contributed by atoms with Gasteiger partial charge in [-0.05, 0) is 70.6 Å². The molecule has 10 heteroatoms. The van der Waals surface area contributed by atoms with Gasteiger partial charge in [0.2, 0.25) is 5.91 Å². The minimum atomic E-state index is -4.42. The summed E-state index contributed by atoms with van der Waals surface area (Å²) < 4.78 is 22.2. The number of allylic oxidation sites excluding steroid dienone is 7. The van der Waals surface area contributed by atoms with Gasteiger partial charge in [0.15, 0.2) is 0 Å². The highest BCUT2D eigenvalue weighted by Gasteiger charge is 2.27. The molecule has 0 aromatic heterocycles. The van der Waals surface area contributed by atoms with Gasteiger partial charge < -0.3 is 26.2 Å². The summed E-state index contributed by atoms with van der Waals surface area (Å²) in [5.74, 6) is -0.463. The zero-order chi connectivity index (χ0) is 45.5. The Morgan fingerprint density at radius 2 is 0.919 bits per heavy atom. The number of carbonyl (C=O) groups excluding carboxylic acids is 1. The number of amides is 1. The lowest BCUT2D eigenvalue weighted by Crippen LogP contribution is -2.46. The summed E-state index contributed by atoms with van der Waals surface area (Å²) >= 11 is 0. The van der Waals surface area contributed by atoms with Crippen LogP contribution in [0.5, 0.6) is 0 Å². The molecule has 0 fully saturated rings. The lowest BCUT2D eigenvalue weighted by atomic mass is 10.0. The molecule has 6 N–H and O–H groups in total. The summed E-state index contributed by atoms with van der Waals surface area (Å²) in [6, 6.07) is -1.01. The van der Waals surface area contributed by atoms with E-state index in [0.717, 1.165) is 57.8 Å². The van der Waals surface area contributed by atoms with Crippen molar-refractivity contribution in [3.05, 3.63) is 48.6 Å². The third-order valence-corrected chi connectivity index (χ3v) is 12.4. The number of phosphoric ester groups is 1. The SMILES string of the molecule is CCCCCCCCCCCC/C=C\CCCCCCCC(O)CC(=O)NC(COP(=O)(O)OCCN)C(O)/C=C/CC/C=C/CC/C=C/CCCCCCCCCCCCC. The minimum absolute atomic E-state index is 0.0405. The van der Waals surface area contributed by atoms with Crippen LogP contribution < -0.4 is 11.1 Å². The maximum absolute atomic E-state index is 12.9. The first kappa shape index (κ1) is 60.4. The monoisotopic (exact) mass is 895 g/mol. The first-order chi connectivity index (χ1) is 30.3. The van der Waals surface area contributed by atoms with Crippen LogP contribution in [0.15, 0.2) is 48.6 Å². The van der Waals surface area contributed by atoms with Crippen LogP contribution in [0.4, 0.5) is 0 Å². The molecule has 0 heterocycles. The van der Waals surface area contributed by atoms with Gasteiger partial charge >= 0.3 is 7.82 Å². The average Bonchev–Trinajstić information content (AvgIpc) is 3.25. The molecule has 0 aliphatic rings. The summed E-state index contributed by atoms with van der Waals surface area (Å²) in [4.78, 5) is 22.9. The van der Waals surface area contributed by atoms with Crippen molar-refractivity contribution in [2.24, 2.45) is 5.73 Å². The van der Waals surface area contributed by atoms with Gasteiger partial charge in [-0.3, -0.25) is 13.8 Å². The van der Waals surface area contributed by atoms with Crippen LogP contribution in [-0.2, 0) is 18.4 Å². The molecule has 0 aliphatic carbocycles. The molecule has 0 spiro atoms. The molecule has 4 unspecified atom stereocenters. The van der Waals surface area contributed by atoms with Crippen molar-refractivity contribution in [3.8, 4) is 0 Å². The highest BCUT2D eigenvalue weighted by atomic mass is 31.2. The lowest BCUT2D eigenvalue weighted by molar-refractivity contribution is -0.124. The standard InChI is InChI=1S/C52H99N2O7P/c1-3-5-7-9-11-13-15-17-19-21-23-24-26-28-30-32-34-36-38-40-42-44-51(56)50(48-61-62(58,59)60-46-45-53)54-52(57)47-49(55)43-41-39-37-35-33-31-29-27-25-22-20-18-16-14-12-10-8-6-4-2/h26-29,34,36,42,44,49-51,55-56H,3-25,30-33,35,37-41,43,45-48,53H2,1-2H3,(H,54,57)(H,58,59)/b28-26+,29-27-,36-34+,44-42+. The van der Waals surface area contributed by atoms with Crippen LogP contribution in [-0.4, -0.2) is 59.0 Å². The highest BCUT2D eigenvalue weighted by molar-refractivity contribution is 7.47. The fourth-order valence-electron chi connectivity index (χ4n) is 7.50. The first-order valence-corrected chi connectivity index (χ1v) is 27.3. The van der Waals surface area contributed by atoms with Crippen LogP contribution in [0, 0.1) is 0 Å². The largest absolute Gasteiger partial charge is 0.472 e. The number of aliphatic hydroxyl groups is 2. The van der Waals surface area contributed by atoms with Crippen molar-refractivity contribution < 1.29 is 33.5 Å². The molecular formula is C52H99N2O7P. The molecule has 0 radical (unpaired) electrons. The zero-order valence-corrected chi connectivity index (χ0v) is 41.1. The number of phosphoric acid groups is 1. The lowest BCUT2D eigenvalue weighted by Gasteiger charge is -2.24. The van der Waals surface area contributed by atoms with Crippen molar-refractivity contribution in [3.63, 3.8) is 0 Å². The smallest absolute Gasteiger partial charge is 0.393 e. The van der Waals surface area contributed by atoms with E-state index in [-0.39, 0.29) is 19.6 Å². The van der Waals surface area contributed by atoms with Crippen LogP contribution >= 0.6 is 7.82 Å². The fraction of sp³-hybridized carbons (Fsp3) is 0.827. The predicted molar refractivity (Wildman–Crippen MR) is 264 cm³/mol. The Labute approximate surface area is 382 Å². The molecule has 0 saturated heterocycles. The summed E-state index contributed by atoms with van der Waals surface area (Å²) in [5, 5.41) is 24.1. The van der Waals surface area contributed by atoms with Crippen molar-refractivity contribution in [1.82, 2.24) is 5.32 Å². The molecule has 0 aromatic carbocycles. The van der Waals surface area contributed by atoms with E-state index in [1.54, 1.807) is 6.08 Å². The molecule has 0 aromatic rings. The van der Waals surface area contributed by atoms with E-state index >= 15 is 0 Å². The summed E-state index contributed by atoms with van der Waals surface area (Å²) in [5.41, 5.74) is 5.38. The Balaban J connectivity index is 4.29. The Bertz CT molecular complexity index is 1130. The van der Waals surface area contributed by atoms with Crippen molar-refractivity contribution >= 4 is 13.7 Å². The Hall–Kier alpha value is -1.58. The number of rotatable bonds is 48. The van der Waals surface area contributed by atoms with Gasteiger partial charge in [-0.2, -0.15) is 0 Å². The maximum atomic E-state index is 12.9. The first-order valence-electron chi connectivity index (χ1n) is 25.8. The zero-order valence-electron chi connectivity index (χ0n) is 40.2. The molecular weight excluding hydrogens is 796 g/mol. The van der Waals surface area contributed by atoms with E-state index in [0.29, 0.717) is 12.8 Å². The molecule has 1 amide bonds. The summed E-state index contributed by atoms with van der Waals surface area (Å²) in [6.45, 7) is 3.96. The molecule has 364 valence electrons. The number of carbonyl (C=O) groups is 1. The molecule has 62 heavy (non-hydrogen) atoms. The average molecular weight is 895 g/mol. The van der Waals surface area contributed by atoms with E-state index < -0.39 is 38.6 Å². The summed E-state index contributed by atoms with van der Waals surface area (Å²) in [7, 11) is -4.42. The predicted octanol–water partition coefficient (Wildman–Crippen LogP) is 14.2. The van der Waals surface area contributed by atoms with Crippen LogP contribution in [0.1, 0.15) is 239 Å². The van der Waals surface area contributed by atoms with E-state index in [2.05, 4.69) is 55.6 Å². The third-order valence-electron chi connectivity index (χ3n) is 11.4. The highest BCUT2D eigenvalue weighted by Crippen LogP contribution is 2.43. The quantitative estimate of drug-likeness (QED) is 0.0230. The van der Waals surface area contributed by atoms with Gasteiger partial charge in [-0.25, -0.2) is 4.57 Å². The second-order valence-electron chi connectivity index (χ2n) is 17.5. The third kappa shape index (κ3) is 45.0. The normalized spacial score (nSPS) is 14.7. The van der Waals surface area contributed by atoms with E-state index in [1.807, 2.05) is 6.08 Å². The minimum Gasteiger partial charge on any atom is -0.393 e. The number of aliphatic hydroxyl groups excluding tert-OH is 2. The van der Waals surface area contributed by atoms with Gasteiger partial charge in [0.05, 0.1) is 37.9 Å². The fourth-order valence-corrected chi connectivity index (χ4v) is 8.26. The number of nitrogens with two attached hydrogens (primary N) is 1. The number of nitrogens with one attached hydrogen (secondary N) is 1.